The molecule has 3 fully saturated rings. The van der Waals surface area contributed by atoms with Crippen LogP contribution in [0.4, 0.5) is 0 Å². The normalized spacial score (nSPS) is 32.8. The van der Waals surface area contributed by atoms with Gasteiger partial charge in [0, 0.05) is 44.4 Å². The second kappa shape index (κ2) is 8.39. The van der Waals surface area contributed by atoms with Crippen molar-refractivity contribution in [1.29, 1.82) is 0 Å². The molecule has 2 aliphatic carbocycles. The standard InChI is InChI=1S/C25H32N2OS/c1-17-12-18(15-26-14-17)16-27-9-6-19(7-10-27)24-21-5-3-2-4-20(21)13-23(28)25-22(24)8-11-29-25/h8,11-12,14-15,20-22,25H,2-7,9-10,13,16H2,1H3. The van der Waals surface area contributed by atoms with Crippen molar-refractivity contribution in [1.82, 2.24) is 9.88 Å². The summed E-state index contributed by atoms with van der Waals surface area (Å²) < 4.78 is 0. The van der Waals surface area contributed by atoms with Gasteiger partial charge >= 0.3 is 0 Å². The number of carbonyl (C=O) groups is 1. The van der Waals surface area contributed by atoms with Gasteiger partial charge in [-0.1, -0.05) is 36.1 Å². The Morgan fingerprint density at radius 3 is 2.83 bits per heavy atom. The Hall–Kier alpha value is -1.39. The Morgan fingerprint density at radius 2 is 2.00 bits per heavy atom. The molecular formula is C25H32N2OS. The molecule has 5 rings (SSSR count). The molecule has 1 saturated heterocycles. The maximum atomic E-state index is 13.0. The Labute approximate surface area is 179 Å². The summed E-state index contributed by atoms with van der Waals surface area (Å²) in [5.41, 5.74) is 5.95. The molecular weight excluding hydrogens is 376 g/mol. The number of carbonyl (C=O) groups excluding carboxylic acids is 1. The van der Waals surface area contributed by atoms with Gasteiger partial charge in [-0.15, -0.1) is 11.8 Å². The SMILES string of the molecule is Cc1cncc(CN2CCC(=C3C4C=CSC4C(=O)CC4CCCCC34)CC2)c1. The van der Waals surface area contributed by atoms with Crippen molar-refractivity contribution in [2.45, 2.75) is 63.7 Å². The zero-order valence-electron chi connectivity index (χ0n) is 17.5. The molecule has 0 radical (unpaired) electrons. The first-order valence-corrected chi connectivity index (χ1v) is 12.3. The number of ketones is 1. The van der Waals surface area contributed by atoms with Gasteiger partial charge in [-0.05, 0) is 61.0 Å². The van der Waals surface area contributed by atoms with Gasteiger partial charge in [0.15, 0.2) is 0 Å². The second-order valence-electron chi connectivity index (χ2n) is 9.44. The highest BCUT2D eigenvalue weighted by Gasteiger charge is 2.44. The number of hydrogen-bond donors (Lipinski definition) is 0. The van der Waals surface area contributed by atoms with E-state index >= 15 is 0 Å². The lowest BCUT2D eigenvalue weighted by atomic mass is 9.70. The Balaban J connectivity index is 1.37. The van der Waals surface area contributed by atoms with E-state index in [-0.39, 0.29) is 5.25 Å². The van der Waals surface area contributed by atoms with Crippen molar-refractivity contribution in [3.63, 3.8) is 0 Å². The van der Waals surface area contributed by atoms with Crippen LogP contribution in [-0.2, 0) is 11.3 Å². The smallest absolute Gasteiger partial charge is 0.147 e. The second-order valence-corrected chi connectivity index (χ2v) is 10.5. The average molecular weight is 409 g/mol. The van der Waals surface area contributed by atoms with Crippen molar-refractivity contribution in [2.24, 2.45) is 17.8 Å². The number of Topliss-reactive ketones (excluding diaryl/α,β-unsaturated/α-hetero) is 1. The molecule has 4 heteroatoms. The summed E-state index contributed by atoms with van der Waals surface area (Å²) in [6.07, 6.45) is 14.7. The predicted octanol–water partition coefficient (Wildman–Crippen LogP) is 5.31. The Morgan fingerprint density at radius 1 is 1.17 bits per heavy atom. The predicted molar refractivity (Wildman–Crippen MR) is 120 cm³/mol. The highest BCUT2D eigenvalue weighted by atomic mass is 32.2. The number of likely N-dealkylation sites (tertiary alicyclic amines) is 1. The van der Waals surface area contributed by atoms with Crippen LogP contribution in [0.3, 0.4) is 0 Å². The molecule has 0 bridgehead atoms. The summed E-state index contributed by atoms with van der Waals surface area (Å²) in [5, 5.41) is 2.37. The zero-order valence-corrected chi connectivity index (χ0v) is 18.3. The average Bonchev–Trinajstić information content (AvgIpc) is 3.16. The maximum absolute atomic E-state index is 13.0. The van der Waals surface area contributed by atoms with Crippen LogP contribution in [0.15, 0.2) is 41.1 Å². The minimum Gasteiger partial charge on any atom is -0.298 e. The molecule has 4 atom stereocenters. The van der Waals surface area contributed by atoms with Crippen molar-refractivity contribution >= 4 is 17.5 Å². The lowest BCUT2D eigenvalue weighted by Gasteiger charge is -2.37. The summed E-state index contributed by atoms with van der Waals surface area (Å²) in [6, 6.07) is 2.26. The summed E-state index contributed by atoms with van der Waals surface area (Å²) in [4.78, 5) is 19.9. The summed E-state index contributed by atoms with van der Waals surface area (Å²) in [6.45, 7) is 5.38. The number of aryl methyl sites for hydroxylation is 1. The first-order valence-electron chi connectivity index (χ1n) is 11.4. The fraction of sp³-hybridized carbons (Fsp3) is 0.600. The lowest BCUT2D eigenvalue weighted by Crippen LogP contribution is -2.33. The van der Waals surface area contributed by atoms with Gasteiger partial charge < -0.3 is 0 Å². The van der Waals surface area contributed by atoms with Crippen LogP contribution in [0.25, 0.3) is 0 Å². The van der Waals surface area contributed by atoms with E-state index in [2.05, 4.69) is 34.4 Å². The van der Waals surface area contributed by atoms with E-state index in [1.807, 2.05) is 12.4 Å². The van der Waals surface area contributed by atoms with E-state index in [4.69, 9.17) is 0 Å². The molecule has 4 aliphatic rings. The van der Waals surface area contributed by atoms with Gasteiger partial charge in [-0.25, -0.2) is 0 Å². The van der Waals surface area contributed by atoms with Crippen LogP contribution in [-0.4, -0.2) is 34.0 Å². The first-order chi connectivity index (χ1) is 14.2. The number of pyridine rings is 1. The number of hydrogen-bond acceptors (Lipinski definition) is 4. The molecule has 29 heavy (non-hydrogen) atoms. The minimum absolute atomic E-state index is 0.166. The first kappa shape index (κ1) is 19.6. The summed E-state index contributed by atoms with van der Waals surface area (Å²) >= 11 is 1.78. The fourth-order valence-electron chi connectivity index (χ4n) is 6.16. The molecule has 0 amide bonds. The molecule has 0 spiro atoms. The monoisotopic (exact) mass is 408 g/mol. The number of thioether (sulfide) groups is 1. The molecule has 3 heterocycles. The van der Waals surface area contributed by atoms with E-state index in [9.17, 15) is 4.79 Å². The van der Waals surface area contributed by atoms with Crippen LogP contribution < -0.4 is 0 Å². The van der Waals surface area contributed by atoms with Crippen LogP contribution in [0.5, 0.6) is 0 Å². The van der Waals surface area contributed by atoms with Gasteiger partial charge in [-0.2, -0.15) is 0 Å². The number of nitrogens with zero attached hydrogens (tertiary/aromatic N) is 2. The highest BCUT2D eigenvalue weighted by Crippen LogP contribution is 2.51. The number of piperidine rings is 1. The third-order valence-corrected chi connectivity index (χ3v) is 8.65. The Bertz CT molecular complexity index is 835. The van der Waals surface area contributed by atoms with Crippen LogP contribution in [0.1, 0.15) is 56.1 Å². The molecule has 1 aromatic rings. The quantitative estimate of drug-likeness (QED) is 0.621. The largest absolute Gasteiger partial charge is 0.298 e. The van der Waals surface area contributed by atoms with E-state index in [0.717, 1.165) is 26.1 Å². The van der Waals surface area contributed by atoms with E-state index in [1.165, 1.54) is 49.7 Å². The van der Waals surface area contributed by atoms with Gasteiger partial charge in [0.05, 0.1) is 5.25 Å². The third kappa shape index (κ3) is 3.98. The van der Waals surface area contributed by atoms with E-state index in [0.29, 0.717) is 23.5 Å². The molecule has 0 aromatic carbocycles. The zero-order chi connectivity index (χ0) is 19.8. The van der Waals surface area contributed by atoms with Crippen LogP contribution in [0.2, 0.25) is 0 Å². The number of aromatic nitrogens is 1. The molecule has 1 aromatic heterocycles. The highest BCUT2D eigenvalue weighted by molar-refractivity contribution is 8.03. The maximum Gasteiger partial charge on any atom is 0.147 e. The molecule has 4 unspecified atom stereocenters. The third-order valence-electron chi connectivity index (χ3n) is 7.49. The number of rotatable bonds is 2. The van der Waals surface area contributed by atoms with Crippen LogP contribution >= 0.6 is 11.8 Å². The topological polar surface area (TPSA) is 33.2 Å². The van der Waals surface area contributed by atoms with Crippen molar-refractivity contribution in [3.8, 4) is 0 Å². The molecule has 2 aliphatic heterocycles. The number of fused-ring (bicyclic) bond motifs is 2. The van der Waals surface area contributed by atoms with Gasteiger partial charge in [0.25, 0.3) is 0 Å². The molecule has 3 nitrogen and oxygen atoms in total. The van der Waals surface area contributed by atoms with Crippen LogP contribution in [0, 0.1) is 24.7 Å². The van der Waals surface area contributed by atoms with Gasteiger partial charge in [0.1, 0.15) is 5.78 Å². The summed E-state index contributed by atoms with van der Waals surface area (Å²) in [7, 11) is 0. The molecule has 0 N–H and O–H groups in total. The van der Waals surface area contributed by atoms with E-state index < -0.39 is 0 Å². The minimum atomic E-state index is 0.166. The van der Waals surface area contributed by atoms with Gasteiger partial charge in [-0.3, -0.25) is 14.7 Å². The molecule has 154 valence electrons. The van der Waals surface area contributed by atoms with E-state index in [1.54, 1.807) is 22.9 Å². The number of allylic oxidation sites excluding steroid dienone is 2. The van der Waals surface area contributed by atoms with Crippen molar-refractivity contribution in [3.05, 3.63) is 52.2 Å². The fourth-order valence-corrected chi connectivity index (χ4v) is 7.24. The Kier molecular flexibility index (Phi) is 5.66. The lowest BCUT2D eigenvalue weighted by molar-refractivity contribution is -0.119. The van der Waals surface area contributed by atoms with Crippen molar-refractivity contribution < 1.29 is 4.79 Å². The van der Waals surface area contributed by atoms with Crippen molar-refractivity contribution in [2.75, 3.05) is 13.1 Å². The summed E-state index contributed by atoms with van der Waals surface area (Å²) in [5.74, 6) is 2.16. The van der Waals surface area contributed by atoms with Gasteiger partial charge in [0.2, 0.25) is 0 Å². The molecule has 2 saturated carbocycles.